The van der Waals surface area contributed by atoms with Gasteiger partial charge in [-0.05, 0) is 6.42 Å². The molecule has 2 heterocycles. The van der Waals surface area contributed by atoms with Gasteiger partial charge in [0.2, 0.25) is 5.82 Å². The van der Waals surface area contributed by atoms with Gasteiger partial charge in [0.1, 0.15) is 0 Å². The van der Waals surface area contributed by atoms with Gasteiger partial charge in [-0.3, -0.25) is 14.7 Å². The maximum atomic E-state index is 11.7. The number of hydrogen-bond acceptors (Lipinski definition) is 6. The number of aromatic nitrogens is 3. The van der Waals surface area contributed by atoms with Gasteiger partial charge in [0.15, 0.2) is 0 Å². The van der Waals surface area contributed by atoms with E-state index in [-0.39, 0.29) is 5.82 Å². The molecular weight excluding hydrogens is 248 g/mol. The van der Waals surface area contributed by atoms with Crippen molar-refractivity contribution >= 4 is 5.82 Å². The van der Waals surface area contributed by atoms with Crippen LogP contribution in [0.25, 0.3) is 0 Å². The first kappa shape index (κ1) is 13.8. The summed E-state index contributed by atoms with van der Waals surface area (Å²) in [7, 11) is 0. The second-order valence-electron chi connectivity index (χ2n) is 4.65. The van der Waals surface area contributed by atoms with Crippen LogP contribution in [0.15, 0.2) is 9.59 Å². The molecule has 106 valence electrons. The topological polar surface area (TPSA) is 111 Å². The molecule has 1 aromatic rings. The molecule has 0 aromatic carbocycles. The molecule has 0 saturated carbocycles. The average molecular weight is 268 g/mol. The molecule has 8 nitrogen and oxygen atoms in total. The highest BCUT2D eigenvalue weighted by atomic mass is 16.2. The number of hydrogen-bond donors (Lipinski definition) is 3. The van der Waals surface area contributed by atoms with Crippen molar-refractivity contribution in [2.45, 2.75) is 19.4 Å². The van der Waals surface area contributed by atoms with Crippen LogP contribution in [0.4, 0.5) is 5.82 Å². The molecule has 0 bridgehead atoms. The highest BCUT2D eigenvalue weighted by molar-refractivity contribution is 5.34. The van der Waals surface area contributed by atoms with Gasteiger partial charge >= 0.3 is 5.69 Å². The summed E-state index contributed by atoms with van der Waals surface area (Å²) in [6.07, 6.45) is 1.02. The van der Waals surface area contributed by atoms with E-state index in [0.29, 0.717) is 25.7 Å². The zero-order valence-corrected chi connectivity index (χ0v) is 11.1. The maximum absolute atomic E-state index is 11.7. The van der Waals surface area contributed by atoms with E-state index in [1.807, 2.05) is 4.90 Å². The largest absolute Gasteiger partial charge is 0.348 e. The average Bonchev–Trinajstić information content (AvgIpc) is 2.41. The summed E-state index contributed by atoms with van der Waals surface area (Å²) in [6.45, 7) is 5.87. The first-order valence-corrected chi connectivity index (χ1v) is 6.53. The quantitative estimate of drug-likeness (QED) is 0.601. The molecule has 0 radical (unpaired) electrons. The van der Waals surface area contributed by atoms with Crippen molar-refractivity contribution in [3.63, 3.8) is 0 Å². The van der Waals surface area contributed by atoms with E-state index in [0.717, 1.165) is 19.5 Å². The van der Waals surface area contributed by atoms with E-state index < -0.39 is 11.2 Å². The Morgan fingerprint density at radius 1 is 1.32 bits per heavy atom. The Labute approximate surface area is 110 Å². The first-order chi connectivity index (χ1) is 9.15. The zero-order chi connectivity index (χ0) is 13.8. The summed E-state index contributed by atoms with van der Waals surface area (Å²) in [5.41, 5.74) is 4.71. The fourth-order valence-corrected chi connectivity index (χ4v) is 2.43. The number of piperazine rings is 1. The van der Waals surface area contributed by atoms with Crippen LogP contribution in [0, 0.1) is 0 Å². The SMILES string of the molecule is CCC(CN)N1CCN(c2n[nH]c(=O)[nH]c2=O)CC1. The predicted molar refractivity (Wildman–Crippen MR) is 72.4 cm³/mol. The summed E-state index contributed by atoms with van der Waals surface area (Å²) in [4.78, 5) is 29.0. The molecule has 1 saturated heterocycles. The Hall–Kier alpha value is -1.67. The predicted octanol–water partition coefficient (Wildman–Crippen LogP) is -1.68. The fraction of sp³-hybridized carbons (Fsp3) is 0.727. The minimum atomic E-state index is -0.582. The van der Waals surface area contributed by atoms with Crippen LogP contribution in [0.3, 0.4) is 0 Å². The van der Waals surface area contributed by atoms with Crippen LogP contribution < -0.4 is 21.9 Å². The highest BCUT2D eigenvalue weighted by Gasteiger charge is 2.24. The molecule has 0 amide bonds. The van der Waals surface area contributed by atoms with E-state index in [9.17, 15) is 9.59 Å². The number of H-pyrrole nitrogens is 2. The number of nitrogens with one attached hydrogen (secondary N) is 2. The van der Waals surface area contributed by atoms with E-state index in [4.69, 9.17) is 5.73 Å². The van der Waals surface area contributed by atoms with Gasteiger partial charge in [-0.1, -0.05) is 6.92 Å². The molecule has 1 atom stereocenters. The normalized spacial score (nSPS) is 18.5. The van der Waals surface area contributed by atoms with Gasteiger partial charge in [-0.25, -0.2) is 9.89 Å². The third-order valence-electron chi connectivity index (χ3n) is 3.57. The van der Waals surface area contributed by atoms with Crippen molar-refractivity contribution in [1.82, 2.24) is 20.1 Å². The minimum Gasteiger partial charge on any atom is -0.348 e. The summed E-state index contributed by atoms with van der Waals surface area (Å²) < 4.78 is 0. The minimum absolute atomic E-state index is 0.278. The van der Waals surface area contributed by atoms with E-state index in [1.165, 1.54) is 0 Å². The third kappa shape index (κ3) is 3.02. The number of nitrogens with two attached hydrogens (primary N) is 1. The highest BCUT2D eigenvalue weighted by Crippen LogP contribution is 2.11. The summed E-state index contributed by atoms with van der Waals surface area (Å²) in [5.74, 6) is 0.278. The number of aromatic amines is 2. The fourth-order valence-electron chi connectivity index (χ4n) is 2.43. The molecule has 1 unspecified atom stereocenters. The Balaban J connectivity index is 2.03. The molecule has 1 aliphatic heterocycles. The second kappa shape index (κ2) is 5.98. The lowest BCUT2D eigenvalue weighted by molar-refractivity contribution is 0.184. The Bertz CT molecular complexity index is 512. The molecule has 1 fully saturated rings. The number of anilines is 1. The number of nitrogens with zero attached hydrogens (tertiary/aromatic N) is 3. The monoisotopic (exact) mass is 268 g/mol. The van der Waals surface area contributed by atoms with E-state index in [2.05, 4.69) is 27.0 Å². The van der Waals surface area contributed by atoms with Crippen LogP contribution >= 0.6 is 0 Å². The lowest BCUT2D eigenvalue weighted by Crippen LogP contribution is -2.53. The standard InChI is InChI=1S/C11H20N6O2/c1-2-8(7-12)16-3-5-17(6-4-16)9-10(18)13-11(19)15-14-9/h8H,2-7,12H2,1H3,(H2,13,15,18,19). The lowest BCUT2D eigenvalue weighted by Gasteiger charge is -2.38. The third-order valence-corrected chi connectivity index (χ3v) is 3.57. The maximum Gasteiger partial charge on any atom is 0.342 e. The van der Waals surface area contributed by atoms with Crippen LogP contribution in [0.1, 0.15) is 13.3 Å². The summed E-state index contributed by atoms with van der Waals surface area (Å²) in [6, 6.07) is 0.393. The van der Waals surface area contributed by atoms with Gasteiger partial charge in [0, 0.05) is 38.8 Å². The van der Waals surface area contributed by atoms with Gasteiger partial charge in [-0.2, -0.15) is 0 Å². The van der Waals surface area contributed by atoms with Crippen molar-refractivity contribution in [2.24, 2.45) is 5.73 Å². The Morgan fingerprint density at radius 3 is 2.53 bits per heavy atom. The molecule has 1 aromatic heterocycles. The van der Waals surface area contributed by atoms with Gasteiger partial charge in [0.05, 0.1) is 0 Å². The number of rotatable bonds is 4. The van der Waals surface area contributed by atoms with Crippen LogP contribution in [-0.2, 0) is 0 Å². The van der Waals surface area contributed by atoms with Crippen LogP contribution in [0.5, 0.6) is 0 Å². The van der Waals surface area contributed by atoms with Gasteiger partial charge in [0.25, 0.3) is 5.56 Å². The van der Waals surface area contributed by atoms with Crippen molar-refractivity contribution in [3.8, 4) is 0 Å². The van der Waals surface area contributed by atoms with Crippen molar-refractivity contribution < 1.29 is 0 Å². The first-order valence-electron chi connectivity index (χ1n) is 6.53. The second-order valence-corrected chi connectivity index (χ2v) is 4.65. The summed E-state index contributed by atoms with van der Waals surface area (Å²) in [5, 5.41) is 6.07. The molecule has 19 heavy (non-hydrogen) atoms. The molecular formula is C11H20N6O2. The smallest absolute Gasteiger partial charge is 0.342 e. The zero-order valence-electron chi connectivity index (χ0n) is 11.1. The van der Waals surface area contributed by atoms with Crippen LogP contribution in [-0.4, -0.2) is 58.8 Å². The van der Waals surface area contributed by atoms with E-state index >= 15 is 0 Å². The summed E-state index contributed by atoms with van der Waals surface area (Å²) >= 11 is 0. The van der Waals surface area contributed by atoms with E-state index in [1.54, 1.807) is 0 Å². The van der Waals surface area contributed by atoms with Crippen molar-refractivity contribution in [3.05, 3.63) is 20.8 Å². The molecule has 0 spiro atoms. The molecule has 1 aliphatic rings. The van der Waals surface area contributed by atoms with Crippen LogP contribution in [0.2, 0.25) is 0 Å². The Morgan fingerprint density at radius 2 is 2.00 bits per heavy atom. The van der Waals surface area contributed by atoms with Crippen molar-refractivity contribution in [1.29, 1.82) is 0 Å². The lowest BCUT2D eigenvalue weighted by atomic mass is 10.1. The molecule has 4 N–H and O–H groups in total. The molecule has 8 heteroatoms. The van der Waals surface area contributed by atoms with Gasteiger partial charge < -0.3 is 10.6 Å². The Kier molecular flexibility index (Phi) is 4.33. The molecule has 0 aliphatic carbocycles. The van der Waals surface area contributed by atoms with Crippen molar-refractivity contribution in [2.75, 3.05) is 37.6 Å². The molecule has 2 rings (SSSR count). The van der Waals surface area contributed by atoms with Gasteiger partial charge in [-0.15, -0.1) is 5.10 Å².